The molecule has 0 atom stereocenters. The van der Waals surface area contributed by atoms with Crippen molar-refractivity contribution in [3.8, 4) is 0 Å². The van der Waals surface area contributed by atoms with Gasteiger partial charge in [0.05, 0.1) is 5.69 Å². The second kappa shape index (κ2) is 7.87. The van der Waals surface area contributed by atoms with Gasteiger partial charge in [-0.1, -0.05) is 26.7 Å². The van der Waals surface area contributed by atoms with Crippen LogP contribution >= 0.6 is 11.3 Å². The zero-order chi connectivity index (χ0) is 15.2. The molecule has 6 heteroatoms. The third-order valence-corrected chi connectivity index (χ3v) is 4.97. The van der Waals surface area contributed by atoms with Crippen LogP contribution < -0.4 is 11.3 Å². The van der Waals surface area contributed by atoms with E-state index in [1.807, 2.05) is 5.38 Å². The van der Waals surface area contributed by atoms with E-state index < -0.39 is 0 Å². The molecule has 0 saturated heterocycles. The minimum absolute atomic E-state index is 0.305. The number of hydrogen-bond donors (Lipinski definition) is 2. The maximum absolute atomic E-state index is 11.5. The largest absolute Gasteiger partial charge is 0.295 e. The highest BCUT2D eigenvalue weighted by Crippen LogP contribution is 2.26. The van der Waals surface area contributed by atoms with Crippen LogP contribution in [0, 0.1) is 5.92 Å². The number of nitrogens with one attached hydrogen (secondary N) is 1. The molecule has 21 heavy (non-hydrogen) atoms. The number of nitrogens with two attached hydrogens (primary N) is 1. The van der Waals surface area contributed by atoms with Crippen LogP contribution in [0.4, 0.5) is 0 Å². The molecule has 0 spiro atoms. The summed E-state index contributed by atoms with van der Waals surface area (Å²) in [5.74, 6) is 5.56. The smallest absolute Gasteiger partial charge is 0.294 e. The van der Waals surface area contributed by atoms with Crippen molar-refractivity contribution in [1.29, 1.82) is 0 Å². The van der Waals surface area contributed by atoms with Gasteiger partial charge >= 0.3 is 0 Å². The van der Waals surface area contributed by atoms with Gasteiger partial charge in [0.1, 0.15) is 0 Å². The molecule has 118 valence electrons. The Hall–Kier alpha value is -0.980. The molecule has 1 heterocycles. The number of nitrogen functional groups attached to an aromatic ring is 1. The molecule has 1 aliphatic carbocycles. The number of nitrogens with zero attached hydrogens (tertiary/aromatic N) is 2. The van der Waals surface area contributed by atoms with Crippen molar-refractivity contribution in [1.82, 2.24) is 15.3 Å². The van der Waals surface area contributed by atoms with E-state index in [-0.39, 0.29) is 5.91 Å². The van der Waals surface area contributed by atoms with Gasteiger partial charge in [-0.3, -0.25) is 15.1 Å². The summed E-state index contributed by atoms with van der Waals surface area (Å²) in [4.78, 5) is 18.4. The Bertz CT molecular complexity index is 454. The Morgan fingerprint density at radius 3 is 2.86 bits per heavy atom. The Labute approximate surface area is 130 Å². The second-order valence-electron chi connectivity index (χ2n) is 6.21. The minimum atomic E-state index is -0.305. The monoisotopic (exact) mass is 310 g/mol. The summed E-state index contributed by atoms with van der Waals surface area (Å²) in [5.41, 5.74) is 3.12. The lowest BCUT2D eigenvalue weighted by atomic mass is 10.1. The van der Waals surface area contributed by atoms with Crippen LogP contribution in [0.5, 0.6) is 0 Å². The van der Waals surface area contributed by atoms with E-state index in [1.54, 1.807) is 0 Å². The summed E-state index contributed by atoms with van der Waals surface area (Å²) in [6.07, 6.45) is 6.45. The van der Waals surface area contributed by atoms with Crippen LogP contribution in [0.15, 0.2) is 5.38 Å². The number of carbonyl (C=O) groups excluding carboxylic acids is 1. The van der Waals surface area contributed by atoms with E-state index in [1.165, 1.54) is 43.4 Å². The van der Waals surface area contributed by atoms with Crippen LogP contribution in [-0.4, -0.2) is 28.4 Å². The van der Waals surface area contributed by atoms with Crippen LogP contribution in [0.2, 0.25) is 0 Å². The Morgan fingerprint density at radius 2 is 2.24 bits per heavy atom. The van der Waals surface area contributed by atoms with E-state index in [0.29, 0.717) is 17.0 Å². The fourth-order valence-electron chi connectivity index (χ4n) is 2.84. The van der Waals surface area contributed by atoms with Crippen LogP contribution in [-0.2, 0) is 6.54 Å². The molecular weight excluding hydrogens is 284 g/mol. The average molecular weight is 310 g/mol. The summed E-state index contributed by atoms with van der Waals surface area (Å²) < 4.78 is 0. The van der Waals surface area contributed by atoms with Crippen molar-refractivity contribution < 1.29 is 4.79 Å². The third kappa shape index (κ3) is 4.76. The van der Waals surface area contributed by atoms with E-state index in [2.05, 4.69) is 29.2 Å². The first-order valence-corrected chi connectivity index (χ1v) is 8.67. The van der Waals surface area contributed by atoms with Crippen molar-refractivity contribution in [2.45, 2.75) is 58.5 Å². The third-order valence-electron chi connectivity index (χ3n) is 4.08. The predicted octanol–water partition coefficient (Wildman–Crippen LogP) is 2.54. The van der Waals surface area contributed by atoms with Crippen molar-refractivity contribution in [2.24, 2.45) is 11.8 Å². The summed E-state index contributed by atoms with van der Waals surface area (Å²) in [5, 5.41) is 2.42. The molecular formula is C15H26N4OS. The van der Waals surface area contributed by atoms with Crippen molar-refractivity contribution in [2.75, 3.05) is 6.54 Å². The SMILES string of the molecule is CC(C)CCN(Cc1csc(C(=O)NN)n1)C1CCCC1. The molecule has 0 radical (unpaired) electrons. The maximum Gasteiger partial charge on any atom is 0.294 e. The predicted molar refractivity (Wildman–Crippen MR) is 85.9 cm³/mol. The topological polar surface area (TPSA) is 71.2 Å². The van der Waals surface area contributed by atoms with E-state index in [0.717, 1.165) is 18.8 Å². The zero-order valence-electron chi connectivity index (χ0n) is 13.0. The van der Waals surface area contributed by atoms with Crippen LogP contribution in [0.3, 0.4) is 0 Å². The van der Waals surface area contributed by atoms with Gasteiger partial charge < -0.3 is 0 Å². The zero-order valence-corrected chi connectivity index (χ0v) is 13.8. The number of thiazole rings is 1. The lowest BCUT2D eigenvalue weighted by Crippen LogP contribution is -2.34. The molecule has 3 N–H and O–H groups in total. The molecule has 1 fully saturated rings. The molecule has 1 amide bonds. The number of rotatable bonds is 7. The van der Waals surface area contributed by atoms with Crippen LogP contribution in [0.25, 0.3) is 0 Å². The van der Waals surface area contributed by atoms with Crippen molar-refractivity contribution in [3.63, 3.8) is 0 Å². The van der Waals surface area contributed by atoms with Gasteiger partial charge in [0.2, 0.25) is 0 Å². The first-order valence-electron chi connectivity index (χ1n) is 7.79. The molecule has 2 rings (SSSR count). The minimum Gasteiger partial charge on any atom is -0.295 e. The molecule has 1 aliphatic rings. The number of hydrazine groups is 1. The first kappa shape index (κ1) is 16.4. The molecule has 0 unspecified atom stereocenters. The fourth-order valence-corrected chi connectivity index (χ4v) is 3.55. The lowest BCUT2D eigenvalue weighted by molar-refractivity contribution is 0.0952. The number of aromatic nitrogens is 1. The number of carbonyl (C=O) groups is 1. The molecule has 0 aliphatic heterocycles. The standard InChI is InChI=1S/C15H26N4OS/c1-11(2)7-8-19(13-5-3-4-6-13)9-12-10-21-15(17-12)14(20)18-16/h10-11,13H,3-9,16H2,1-2H3,(H,18,20). The highest BCUT2D eigenvalue weighted by atomic mass is 32.1. The van der Waals surface area contributed by atoms with Crippen molar-refractivity contribution >= 4 is 17.2 Å². The molecule has 0 bridgehead atoms. The normalized spacial score (nSPS) is 16.0. The van der Waals surface area contributed by atoms with Gasteiger partial charge in [-0.15, -0.1) is 11.3 Å². The van der Waals surface area contributed by atoms with Gasteiger partial charge in [-0.05, 0) is 31.7 Å². The molecule has 0 aromatic carbocycles. The summed E-state index contributed by atoms with van der Waals surface area (Å²) in [6.45, 7) is 6.47. The quantitative estimate of drug-likeness (QED) is 0.461. The van der Waals surface area contributed by atoms with Crippen molar-refractivity contribution in [3.05, 3.63) is 16.1 Å². The fraction of sp³-hybridized carbons (Fsp3) is 0.733. The Morgan fingerprint density at radius 1 is 1.52 bits per heavy atom. The average Bonchev–Trinajstić information content (AvgIpc) is 3.13. The summed E-state index contributed by atoms with van der Waals surface area (Å²) in [7, 11) is 0. The van der Waals surface area contributed by atoms with Crippen LogP contribution in [0.1, 0.15) is 61.4 Å². The summed E-state index contributed by atoms with van der Waals surface area (Å²) >= 11 is 1.36. The van der Waals surface area contributed by atoms with Gasteiger partial charge in [-0.2, -0.15) is 0 Å². The first-order chi connectivity index (χ1) is 10.1. The van der Waals surface area contributed by atoms with Gasteiger partial charge in [0, 0.05) is 18.0 Å². The highest BCUT2D eigenvalue weighted by Gasteiger charge is 2.23. The van der Waals surface area contributed by atoms with Gasteiger partial charge in [-0.25, -0.2) is 10.8 Å². The lowest BCUT2D eigenvalue weighted by Gasteiger charge is -2.28. The molecule has 1 aromatic heterocycles. The molecule has 1 saturated carbocycles. The second-order valence-corrected chi connectivity index (χ2v) is 7.07. The van der Waals surface area contributed by atoms with Gasteiger partial charge in [0.25, 0.3) is 5.91 Å². The Kier molecular flexibility index (Phi) is 6.14. The summed E-state index contributed by atoms with van der Waals surface area (Å²) in [6, 6.07) is 0.678. The van der Waals surface area contributed by atoms with Gasteiger partial charge in [0.15, 0.2) is 5.01 Å². The number of hydrogen-bond acceptors (Lipinski definition) is 5. The Balaban J connectivity index is 1.99. The number of amides is 1. The van der Waals surface area contributed by atoms with E-state index in [4.69, 9.17) is 5.84 Å². The van der Waals surface area contributed by atoms with E-state index in [9.17, 15) is 4.79 Å². The molecule has 1 aromatic rings. The van der Waals surface area contributed by atoms with E-state index >= 15 is 0 Å². The molecule has 5 nitrogen and oxygen atoms in total. The highest BCUT2D eigenvalue weighted by molar-refractivity contribution is 7.11. The maximum atomic E-state index is 11.5.